The van der Waals surface area contributed by atoms with E-state index in [2.05, 4.69) is 20.3 Å². The first-order chi connectivity index (χ1) is 8.02. The highest BCUT2D eigenvalue weighted by Gasteiger charge is 2.30. The lowest BCUT2D eigenvalue weighted by Gasteiger charge is -2.20. The van der Waals surface area contributed by atoms with Gasteiger partial charge in [0.1, 0.15) is 6.04 Å². The molecular formula is C8H11N3O5S. The highest BCUT2D eigenvalue weighted by molar-refractivity contribution is 7.91. The van der Waals surface area contributed by atoms with Crippen LogP contribution in [-0.4, -0.2) is 49.7 Å². The van der Waals surface area contributed by atoms with Crippen molar-refractivity contribution in [2.45, 2.75) is 6.04 Å². The average molecular weight is 261 g/mol. The molecule has 8 nitrogen and oxygen atoms in total. The Labute approximate surface area is 97.3 Å². The molecule has 0 aromatic carbocycles. The summed E-state index contributed by atoms with van der Waals surface area (Å²) in [5.41, 5.74) is 0. The Bertz CT molecular complexity index is 523. The fourth-order valence-electron chi connectivity index (χ4n) is 1.49. The SMILES string of the molecule is COC(=O)c1nnc(C2CS(=O)(=O)CCN2)o1. The van der Waals surface area contributed by atoms with Gasteiger partial charge in [-0.05, 0) is 0 Å². The molecule has 0 saturated carbocycles. The molecule has 0 spiro atoms. The monoisotopic (exact) mass is 261 g/mol. The number of methoxy groups -OCH3 is 1. The molecule has 17 heavy (non-hydrogen) atoms. The van der Waals surface area contributed by atoms with Crippen molar-refractivity contribution in [2.24, 2.45) is 0 Å². The molecule has 9 heteroatoms. The summed E-state index contributed by atoms with van der Waals surface area (Å²) in [6.07, 6.45) is 0. The van der Waals surface area contributed by atoms with E-state index >= 15 is 0 Å². The van der Waals surface area contributed by atoms with Crippen LogP contribution in [0.5, 0.6) is 0 Å². The topological polar surface area (TPSA) is 111 Å². The van der Waals surface area contributed by atoms with Crippen LogP contribution in [0, 0.1) is 0 Å². The van der Waals surface area contributed by atoms with Crippen molar-refractivity contribution >= 4 is 15.8 Å². The van der Waals surface area contributed by atoms with Gasteiger partial charge in [-0.15, -0.1) is 10.2 Å². The molecule has 1 N–H and O–H groups in total. The number of aromatic nitrogens is 2. The van der Waals surface area contributed by atoms with E-state index in [4.69, 9.17) is 4.42 Å². The van der Waals surface area contributed by atoms with Crippen LogP contribution < -0.4 is 5.32 Å². The first kappa shape index (κ1) is 12.0. The van der Waals surface area contributed by atoms with Gasteiger partial charge in [0, 0.05) is 6.54 Å². The third-order valence-electron chi connectivity index (χ3n) is 2.32. The molecule has 2 rings (SSSR count). The fourth-order valence-corrected chi connectivity index (χ4v) is 2.85. The van der Waals surface area contributed by atoms with E-state index in [9.17, 15) is 13.2 Å². The molecule has 1 aliphatic rings. The lowest BCUT2D eigenvalue weighted by atomic mass is 10.3. The molecule has 0 aliphatic carbocycles. The predicted molar refractivity (Wildman–Crippen MR) is 55.0 cm³/mol. The van der Waals surface area contributed by atoms with Crippen molar-refractivity contribution < 1.29 is 22.4 Å². The van der Waals surface area contributed by atoms with Gasteiger partial charge in [0.2, 0.25) is 5.89 Å². The maximum atomic E-state index is 11.4. The van der Waals surface area contributed by atoms with Gasteiger partial charge in [0.15, 0.2) is 9.84 Å². The maximum absolute atomic E-state index is 11.4. The van der Waals surface area contributed by atoms with E-state index in [0.717, 1.165) is 0 Å². The van der Waals surface area contributed by atoms with Crippen LogP contribution in [0.3, 0.4) is 0 Å². The van der Waals surface area contributed by atoms with Crippen molar-refractivity contribution in [2.75, 3.05) is 25.2 Å². The van der Waals surface area contributed by atoms with E-state index in [1.807, 2.05) is 0 Å². The second-order valence-corrected chi connectivity index (χ2v) is 5.79. The number of nitrogens with one attached hydrogen (secondary N) is 1. The zero-order valence-corrected chi connectivity index (χ0v) is 9.86. The standard InChI is InChI=1S/C8H11N3O5S/c1-15-8(12)7-11-10-6(16-7)5-4-17(13,14)3-2-9-5/h5,9H,2-4H2,1H3. The highest BCUT2D eigenvalue weighted by atomic mass is 32.2. The predicted octanol–water partition coefficient (Wildman–Crippen LogP) is -1.08. The molecule has 2 heterocycles. The number of carbonyl (C=O) groups is 1. The molecule has 0 amide bonds. The molecule has 94 valence electrons. The lowest BCUT2D eigenvalue weighted by Crippen LogP contribution is -2.39. The Kier molecular flexibility index (Phi) is 3.11. The lowest BCUT2D eigenvalue weighted by molar-refractivity contribution is 0.0553. The molecule has 1 atom stereocenters. The van der Waals surface area contributed by atoms with Crippen LogP contribution >= 0.6 is 0 Å². The number of sulfone groups is 1. The molecular weight excluding hydrogens is 250 g/mol. The number of nitrogens with zero attached hydrogens (tertiary/aromatic N) is 2. The molecule has 0 radical (unpaired) electrons. The number of carbonyl (C=O) groups excluding carboxylic acids is 1. The molecule has 1 aliphatic heterocycles. The minimum Gasteiger partial charge on any atom is -0.462 e. The summed E-state index contributed by atoms with van der Waals surface area (Å²) in [6, 6.07) is -0.570. The molecule has 1 fully saturated rings. The minimum absolute atomic E-state index is 0.0775. The van der Waals surface area contributed by atoms with Gasteiger partial charge in [-0.2, -0.15) is 0 Å². The van der Waals surface area contributed by atoms with E-state index < -0.39 is 21.8 Å². The van der Waals surface area contributed by atoms with E-state index in [-0.39, 0.29) is 23.3 Å². The molecule has 0 bridgehead atoms. The van der Waals surface area contributed by atoms with Gasteiger partial charge in [0.05, 0.1) is 18.6 Å². The van der Waals surface area contributed by atoms with Crippen LogP contribution in [0.25, 0.3) is 0 Å². The Hall–Kier alpha value is -1.48. The van der Waals surface area contributed by atoms with Crippen molar-refractivity contribution in [1.29, 1.82) is 0 Å². The molecule has 1 aromatic rings. The number of ether oxygens (including phenoxy) is 1. The van der Waals surface area contributed by atoms with Crippen molar-refractivity contribution in [3.05, 3.63) is 11.8 Å². The van der Waals surface area contributed by atoms with Gasteiger partial charge in [-0.25, -0.2) is 13.2 Å². The van der Waals surface area contributed by atoms with E-state index in [1.165, 1.54) is 7.11 Å². The molecule has 1 aromatic heterocycles. The molecule has 1 unspecified atom stereocenters. The van der Waals surface area contributed by atoms with E-state index in [1.54, 1.807) is 0 Å². The van der Waals surface area contributed by atoms with Crippen molar-refractivity contribution in [3.63, 3.8) is 0 Å². The van der Waals surface area contributed by atoms with Gasteiger partial charge >= 0.3 is 11.9 Å². The molecule has 1 saturated heterocycles. The number of hydrogen-bond donors (Lipinski definition) is 1. The first-order valence-corrected chi connectivity index (χ1v) is 6.69. The highest BCUT2D eigenvalue weighted by Crippen LogP contribution is 2.17. The van der Waals surface area contributed by atoms with Crippen LogP contribution in [-0.2, 0) is 14.6 Å². The fraction of sp³-hybridized carbons (Fsp3) is 0.625. The van der Waals surface area contributed by atoms with Crippen LogP contribution in [0.15, 0.2) is 4.42 Å². The van der Waals surface area contributed by atoms with Gasteiger partial charge in [-0.1, -0.05) is 0 Å². The third-order valence-corrected chi connectivity index (χ3v) is 3.99. The summed E-state index contributed by atoms with van der Waals surface area (Å²) in [5.74, 6) is -0.986. The van der Waals surface area contributed by atoms with E-state index in [0.29, 0.717) is 6.54 Å². The Morgan fingerprint density at radius 2 is 2.29 bits per heavy atom. The summed E-state index contributed by atoms with van der Waals surface area (Å²) < 4.78 is 32.3. The quantitative estimate of drug-likeness (QED) is 0.669. The first-order valence-electron chi connectivity index (χ1n) is 4.87. The Morgan fingerprint density at radius 3 is 2.94 bits per heavy atom. The Morgan fingerprint density at radius 1 is 1.53 bits per heavy atom. The number of rotatable bonds is 2. The summed E-state index contributed by atoms with van der Waals surface area (Å²) in [4.78, 5) is 11.1. The van der Waals surface area contributed by atoms with Crippen molar-refractivity contribution in [1.82, 2.24) is 15.5 Å². The summed E-state index contributed by atoms with van der Waals surface area (Å²) in [6.45, 7) is 0.322. The average Bonchev–Trinajstić information content (AvgIpc) is 2.76. The van der Waals surface area contributed by atoms with Gasteiger partial charge in [-0.3, -0.25) is 0 Å². The van der Waals surface area contributed by atoms with Gasteiger partial charge < -0.3 is 14.5 Å². The van der Waals surface area contributed by atoms with Crippen LogP contribution in [0.1, 0.15) is 22.6 Å². The van der Waals surface area contributed by atoms with Gasteiger partial charge in [0.25, 0.3) is 0 Å². The van der Waals surface area contributed by atoms with Crippen LogP contribution in [0.4, 0.5) is 0 Å². The summed E-state index contributed by atoms with van der Waals surface area (Å²) in [5, 5.41) is 10.0. The maximum Gasteiger partial charge on any atom is 0.396 e. The van der Waals surface area contributed by atoms with Crippen LogP contribution in [0.2, 0.25) is 0 Å². The zero-order chi connectivity index (χ0) is 12.5. The zero-order valence-electron chi connectivity index (χ0n) is 9.04. The second-order valence-electron chi connectivity index (χ2n) is 3.56. The second kappa shape index (κ2) is 4.41. The third kappa shape index (κ3) is 2.61. The normalized spacial score (nSPS) is 23.2. The number of esters is 1. The summed E-state index contributed by atoms with van der Waals surface area (Å²) >= 11 is 0. The minimum atomic E-state index is -3.10. The summed E-state index contributed by atoms with van der Waals surface area (Å²) in [7, 11) is -1.91. The number of hydrogen-bond acceptors (Lipinski definition) is 8. The Balaban J connectivity index is 2.17. The van der Waals surface area contributed by atoms with Crippen molar-refractivity contribution in [3.8, 4) is 0 Å². The smallest absolute Gasteiger partial charge is 0.396 e. The largest absolute Gasteiger partial charge is 0.462 e.